The SMILES string of the molecule is CC(C)(C)c1ccc(NC(=O)c2ncncc2Cl)cc1. The average Bonchev–Trinajstić information content (AvgIpc) is 2.38. The summed E-state index contributed by atoms with van der Waals surface area (Å²) < 4.78 is 0. The molecule has 0 fully saturated rings. The minimum absolute atomic E-state index is 0.0818. The number of amides is 1. The van der Waals surface area contributed by atoms with Crippen LogP contribution in [0, 0.1) is 0 Å². The Morgan fingerprint density at radius 1 is 1.20 bits per heavy atom. The second-order valence-electron chi connectivity index (χ2n) is 5.50. The molecule has 1 heterocycles. The van der Waals surface area contributed by atoms with Crippen molar-refractivity contribution in [1.29, 1.82) is 0 Å². The van der Waals surface area contributed by atoms with Crippen molar-refractivity contribution in [2.75, 3.05) is 5.32 Å². The summed E-state index contributed by atoms with van der Waals surface area (Å²) in [7, 11) is 0. The molecule has 5 heteroatoms. The standard InChI is InChI=1S/C15H16ClN3O/c1-15(2,3)10-4-6-11(7-5-10)19-14(20)13-12(16)8-17-9-18-13/h4-9H,1-3H3,(H,19,20). The third-order valence-electron chi connectivity index (χ3n) is 2.89. The van der Waals surface area contributed by atoms with Crippen LogP contribution in [-0.4, -0.2) is 15.9 Å². The van der Waals surface area contributed by atoms with Crippen molar-refractivity contribution in [1.82, 2.24) is 9.97 Å². The van der Waals surface area contributed by atoms with Crippen molar-refractivity contribution in [3.05, 3.63) is 53.1 Å². The van der Waals surface area contributed by atoms with Crippen LogP contribution in [0.15, 0.2) is 36.8 Å². The topological polar surface area (TPSA) is 54.9 Å². The second kappa shape index (κ2) is 5.59. The maximum absolute atomic E-state index is 12.0. The Bertz CT molecular complexity index is 618. The first-order valence-corrected chi connectivity index (χ1v) is 6.63. The lowest BCUT2D eigenvalue weighted by Gasteiger charge is -2.19. The van der Waals surface area contributed by atoms with E-state index in [0.29, 0.717) is 5.69 Å². The Morgan fingerprint density at radius 2 is 1.85 bits per heavy atom. The van der Waals surface area contributed by atoms with E-state index in [0.717, 1.165) is 0 Å². The molecule has 0 saturated carbocycles. The lowest BCUT2D eigenvalue weighted by Crippen LogP contribution is -2.15. The van der Waals surface area contributed by atoms with E-state index in [1.54, 1.807) is 0 Å². The molecule has 20 heavy (non-hydrogen) atoms. The zero-order valence-electron chi connectivity index (χ0n) is 11.6. The smallest absolute Gasteiger partial charge is 0.275 e. The average molecular weight is 290 g/mol. The normalized spacial score (nSPS) is 11.2. The Hall–Kier alpha value is -1.94. The van der Waals surface area contributed by atoms with Gasteiger partial charge >= 0.3 is 0 Å². The Kier molecular flexibility index (Phi) is 4.04. The number of nitrogens with zero attached hydrogens (tertiary/aromatic N) is 2. The van der Waals surface area contributed by atoms with Gasteiger partial charge in [-0.3, -0.25) is 4.79 Å². The number of carbonyl (C=O) groups is 1. The molecule has 1 N–H and O–H groups in total. The molecule has 0 aliphatic heterocycles. The van der Waals surface area contributed by atoms with Crippen molar-refractivity contribution >= 4 is 23.2 Å². The van der Waals surface area contributed by atoms with E-state index in [1.807, 2.05) is 24.3 Å². The van der Waals surface area contributed by atoms with Crippen LogP contribution in [0.4, 0.5) is 5.69 Å². The monoisotopic (exact) mass is 289 g/mol. The van der Waals surface area contributed by atoms with Crippen LogP contribution in [0.25, 0.3) is 0 Å². The van der Waals surface area contributed by atoms with Gasteiger partial charge in [-0.15, -0.1) is 0 Å². The number of hydrogen-bond donors (Lipinski definition) is 1. The van der Waals surface area contributed by atoms with E-state index < -0.39 is 0 Å². The molecule has 4 nitrogen and oxygen atoms in total. The number of anilines is 1. The fraction of sp³-hybridized carbons (Fsp3) is 0.267. The molecular weight excluding hydrogens is 274 g/mol. The molecule has 0 radical (unpaired) electrons. The number of halogens is 1. The molecule has 0 unspecified atom stereocenters. The third kappa shape index (κ3) is 3.33. The summed E-state index contributed by atoms with van der Waals surface area (Å²) in [4.78, 5) is 19.7. The van der Waals surface area contributed by atoms with Gasteiger partial charge in [0.1, 0.15) is 12.0 Å². The molecule has 0 atom stereocenters. The van der Waals surface area contributed by atoms with Crippen molar-refractivity contribution < 1.29 is 4.79 Å². The van der Waals surface area contributed by atoms with E-state index in [9.17, 15) is 4.79 Å². The zero-order chi connectivity index (χ0) is 14.8. The second-order valence-corrected chi connectivity index (χ2v) is 5.91. The van der Waals surface area contributed by atoms with Gasteiger partial charge < -0.3 is 5.32 Å². The van der Waals surface area contributed by atoms with E-state index in [-0.39, 0.29) is 22.0 Å². The van der Waals surface area contributed by atoms with Crippen LogP contribution >= 0.6 is 11.6 Å². The molecule has 104 valence electrons. The van der Waals surface area contributed by atoms with Crippen LogP contribution in [0.3, 0.4) is 0 Å². The van der Waals surface area contributed by atoms with Gasteiger partial charge in [-0.1, -0.05) is 44.5 Å². The molecular formula is C15H16ClN3O. The molecule has 0 saturated heterocycles. The van der Waals surface area contributed by atoms with Gasteiger partial charge in [-0.05, 0) is 23.1 Å². The van der Waals surface area contributed by atoms with Crippen molar-refractivity contribution in [3.8, 4) is 0 Å². The van der Waals surface area contributed by atoms with Gasteiger partial charge in [-0.25, -0.2) is 9.97 Å². The molecule has 1 aromatic carbocycles. The van der Waals surface area contributed by atoms with Crippen molar-refractivity contribution in [3.63, 3.8) is 0 Å². The molecule has 2 rings (SSSR count). The summed E-state index contributed by atoms with van der Waals surface area (Å²) in [5.41, 5.74) is 2.16. The van der Waals surface area contributed by atoms with Crippen LogP contribution < -0.4 is 5.32 Å². The third-order valence-corrected chi connectivity index (χ3v) is 3.17. The highest BCUT2D eigenvalue weighted by molar-refractivity contribution is 6.33. The highest BCUT2D eigenvalue weighted by Gasteiger charge is 2.15. The fourth-order valence-electron chi connectivity index (χ4n) is 1.72. The summed E-state index contributed by atoms with van der Waals surface area (Å²) in [5, 5.41) is 3.00. The first-order chi connectivity index (χ1) is 9.38. The number of carbonyl (C=O) groups excluding carboxylic acids is 1. The van der Waals surface area contributed by atoms with Gasteiger partial charge in [0.25, 0.3) is 5.91 Å². The molecule has 0 bridgehead atoms. The first kappa shape index (κ1) is 14.5. The lowest BCUT2D eigenvalue weighted by molar-refractivity contribution is 0.102. The maximum atomic E-state index is 12.0. The molecule has 0 spiro atoms. The van der Waals surface area contributed by atoms with Gasteiger partial charge in [0.05, 0.1) is 5.02 Å². The maximum Gasteiger partial charge on any atom is 0.275 e. The Labute approximate surface area is 123 Å². The number of nitrogens with one attached hydrogen (secondary N) is 1. The van der Waals surface area contributed by atoms with Gasteiger partial charge in [0.2, 0.25) is 0 Å². The highest BCUT2D eigenvalue weighted by Crippen LogP contribution is 2.23. The molecule has 1 amide bonds. The minimum atomic E-state index is -0.346. The minimum Gasteiger partial charge on any atom is -0.321 e. The van der Waals surface area contributed by atoms with E-state index in [1.165, 1.54) is 18.1 Å². The van der Waals surface area contributed by atoms with E-state index >= 15 is 0 Å². The first-order valence-electron chi connectivity index (χ1n) is 6.25. The molecule has 1 aromatic heterocycles. The molecule has 0 aliphatic rings. The van der Waals surface area contributed by atoms with E-state index in [2.05, 4.69) is 36.1 Å². The summed E-state index contributed by atoms with van der Waals surface area (Å²) in [6, 6.07) is 7.73. The van der Waals surface area contributed by atoms with Crippen molar-refractivity contribution in [2.45, 2.75) is 26.2 Å². The van der Waals surface area contributed by atoms with Crippen LogP contribution in [-0.2, 0) is 5.41 Å². The van der Waals surface area contributed by atoms with Gasteiger partial charge in [0, 0.05) is 11.9 Å². The largest absolute Gasteiger partial charge is 0.321 e. The van der Waals surface area contributed by atoms with Crippen LogP contribution in [0.5, 0.6) is 0 Å². The zero-order valence-corrected chi connectivity index (χ0v) is 12.4. The predicted molar refractivity (Wildman–Crippen MR) is 80.1 cm³/mol. The number of aromatic nitrogens is 2. The Morgan fingerprint density at radius 3 is 2.40 bits per heavy atom. The fourth-order valence-corrected chi connectivity index (χ4v) is 1.91. The summed E-state index contributed by atoms with van der Waals surface area (Å²) in [5.74, 6) is -0.346. The molecule has 0 aliphatic carbocycles. The van der Waals surface area contributed by atoms with E-state index in [4.69, 9.17) is 11.6 Å². The number of benzene rings is 1. The number of hydrogen-bond acceptors (Lipinski definition) is 3. The van der Waals surface area contributed by atoms with Crippen LogP contribution in [0.2, 0.25) is 5.02 Å². The van der Waals surface area contributed by atoms with Gasteiger partial charge in [0.15, 0.2) is 0 Å². The van der Waals surface area contributed by atoms with Gasteiger partial charge in [-0.2, -0.15) is 0 Å². The van der Waals surface area contributed by atoms with Crippen molar-refractivity contribution in [2.24, 2.45) is 0 Å². The number of rotatable bonds is 2. The summed E-state index contributed by atoms with van der Waals surface area (Å²) in [6.45, 7) is 6.42. The highest BCUT2D eigenvalue weighted by atomic mass is 35.5. The predicted octanol–water partition coefficient (Wildman–Crippen LogP) is 3.68. The summed E-state index contributed by atoms with van der Waals surface area (Å²) >= 11 is 5.88. The van der Waals surface area contributed by atoms with Crippen LogP contribution in [0.1, 0.15) is 36.8 Å². The Balaban J connectivity index is 2.15. The molecule has 2 aromatic rings. The quantitative estimate of drug-likeness (QED) is 0.917. The summed E-state index contributed by atoms with van der Waals surface area (Å²) in [6.07, 6.45) is 2.69. The lowest BCUT2D eigenvalue weighted by atomic mass is 9.87.